The van der Waals surface area contributed by atoms with Gasteiger partial charge >= 0.3 is 0 Å². The highest BCUT2D eigenvalue weighted by atomic mass is 15.0. The Kier molecular flexibility index (Phi) is 4.91. The molecule has 0 bridgehead atoms. The van der Waals surface area contributed by atoms with Gasteiger partial charge in [-0.25, -0.2) is 0 Å². The van der Waals surface area contributed by atoms with Crippen molar-refractivity contribution in [3.8, 4) is 35.7 Å². The molecular formula is C34H16N6. The molecule has 5 aromatic carbocycles. The van der Waals surface area contributed by atoms with Crippen LogP contribution in [-0.2, 0) is 0 Å². The fraction of sp³-hybridized carbons (Fsp3) is 0. The van der Waals surface area contributed by atoms with E-state index in [9.17, 15) is 21.0 Å². The molecule has 0 radical (unpaired) electrons. The van der Waals surface area contributed by atoms with Crippen molar-refractivity contribution in [1.29, 1.82) is 21.0 Å². The van der Waals surface area contributed by atoms with Gasteiger partial charge in [0.25, 0.3) is 0 Å². The minimum absolute atomic E-state index is 0.262. The van der Waals surface area contributed by atoms with Gasteiger partial charge in [-0.15, -0.1) is 0 Å². The number of nitrogens with zero attached hydrogens (tertiary/aromatic N) is 6. The van der Waals surface area contributed by atoms with Gasteiger partial charge in [-0.05, 0) is 60.7 Å². The van der Waals surface area contributed by atoms with Gasteiger partial charge in [-0.3, -0.25) is 0 Å². The topological polar surface area (TPSA) is 105 Å². The molecule has 0 unspecified atom stereocenters. The zero-order chi connectivity index (χ0) is 27.4. The Morgan fingerprint density at radius 3 is 1.45 bits per heavy atom. The summed E-state index contributed by atoms with van der Waals surface area (Å²) < 4.78 is 4.16. The first-order chi connectivity index (χ1) is 19.7. The van der Waals surface area contributed by atoms with Gasteiger partial charge in [-0.1, -0.05) is 36.4 Å². The van der Waals surface area contributed by atoms with Crippen molar-refractivity contribution in [3.63, 3.8) is 0 Å². The normalized spacial score (nSPS) is 10.9. The lowest BCUT2D eigenvalue weighted by atomic mass is 10.0. The molecule has 7 rings (SSSR count). The highest BCUT2D eigenvalue weighted by Gasteiger charge is 2.21. The molecule has 2 aromatic heterocycles. The van der Waals surface area contributed by atoms with Crippen molar-refractivity contribution in [1.82, 2.24) is 9.13 Å². The average molecular weight is 509 g/mol. The van der Waals surface area contributed by atoms with E-state index in [1.807, 2.05) is 65.2 Å². The summed E-state index contributed by atoms with van der Waals surface area (Å²) in [5.74, 6) is 0. The number of nitriles is 4. The van der Waals surface area contributed by atoms with E-state index in [1.54, 1.807) is 0 Å². The molecule has 182 valence electrons. The quantitative estimate of drug-likeness (QED) is 0.243. The van der Waals surface area contributed by atoms with Crippen LogP contribution in [0.5, 0.6) is 0 Å². The SMILES string of the molecule is N#Cc1ccc(-n2c3ccccc3c3cc4c(cc32)c2ccccc2n4-c2c(C#N)cc(C#N)cc2C#N)cc1. The van der Waals surface area contributed by atoms with Gasteiger partial charge in [0.2, 0.25) is 0 Å². The summed E-state index contributed by atoms with van der Waals surface area (Å²) >= 11 is 0. The Morgan fingerprint density at radius 1 is 0.425 bits per heavy atom. The summed E-state index contributed by atoms with van der Waals surface area (Å²) in [5.41, 5.74) is 6.54. The Labute approximate surface area is 228 Å². The number of hydrogen-bond donors (Lipinski definition) is 0. The Morgan fingerprint density at radius 2 is 0.925 bits per heavy atom. The molecule has 7 aromatic rings. The van der Waals surface area contributed by atoms with Gasteiger partial charge in [0.05, 0.1) is 62.1 Å². The van der Waals surface area contributed by atoms with Gasteiger partial charge < -0.3 is 9.13 Å². The third kappa shape index (κ3) is 3.12. The molecule has 40 heavy (non-hydrogen) atoms. The third-order valence-corrected chi connectivity index (χ3v) is 7.42. The predicted molar refractivity (Wildman–Crippen MR) is 154 cm³/mol. The van der Waals surface area contributed by atoms with Crippen LogP contribution in [0.25, 0.3) is 55.0 Å². The minimum atomic E-state index is 0.262. The lowest BCUT2D eigenvalue weighted by Gasteiger charge is -2.12. The summed E-state index contributed by atoms with van der Waals surface area (Å²) in [4.78, 5) is 0. The van der Waals surface area contributed by atoms with E-state index in [2.05, 4.69) is 53.1 Å². The van der Waals surface area contributed by atoms with Crippen LogP contribution in [0, 0.1) is 45.3 Å². The Balaban J connectivity index is 1.67. The molecule has 0 saturated heterocycles. The molecular weight excluding hydrogens is 492 g/mol. The zero-order valence-electron chi connectivity index (χ0n) is 20.9. The van der Waals surface area contributed by atoms with Crippen molar-refractivity contribution >= 4 is 43.6 Å². The lowest BCUT2D eigenvalue weighted by molar-refractivity contribution is 1.15. The second-order valence-electron chi connectivity index (χ2n) is 9.51. The Hall–Kier alpha value is -6.34. The zero-order valence-corrected chi connectivity index (χ0v) is 20.9. The maximum Gasteiger partial charge on any atom is 0.101 e. The van der Waals surface area contributed by atoms with E-state index in [0.29, 0.717) is 11.3 Å². The summed E-state index contributed by atoms with van der Waals surface area (Å²) in [6, 6.07) is 39.7. The minimum Gasteiger partial charge on any atom is -0.309 e. The monoisotopic (exact) mass is 508 g/mol. The first kappa shape index (κ1) is 22.8. The lowest BCUT2D eigenvalue weighted by Crippen LogP contribution is -2.02. The van der Waals surface area contributed by atoms with E-state index in [0.717, 1.165) is 49.3 Å². The highest BCUT2D eigenvalue weighted by molar-refractivity contribution is 6.19. The van der Waals surface area contributed by atoms with Crippen LogP contribution in [0.4, 0.5) is 0 Å². The largest absolute Gasteiger partial charge is 0.309 e. The number of fused-ring (bicyclic) bond motifs is 6. The second-order valence-corrected chi connectivity index (χ2v) is 9.51. The van der Waals surface area contributed by atoms with Gasteiger partial charge in [-0.2, -0.15) is 21.0 Å². The van der Waals surface area contributed by atoms with E-state index >= 15 is 0 Å². The van der Waals surface area contributed by atoms with E-state index < -0.39 is 0 Å². The third-order valence-electron chi connectivity index (χ3n) is 7.42. The standard InChI is InChI=1S/C34H16N6/c35-17-21-9-11-25(12-10-21)39-30-7-3-1-5-26(30)28-16-33-29(15-32(28)39)27-6-2-4-8-31(27)40(33)34-23(19-37)13-22(18-36)14-24(34)20-38/h1-16H. The van der Waals surface area contributed by atoms with E-state index in [-0.39, 0.29) is 16.7 Å². The molecule has 2 heterocycles. The molecule has 0 aliphatic rings. The maximum atomic E-state index is 10.1. The molecule has 0 amide bonds. The van der Waals surface area contributed by atoms with Crippen molar-refractivity contribution < 1.29 is 0 Å². The second kappa shape index (κ2) is 8.61. The van der Waals surface area contributed by atoms with Crippen LogP contribution in [0.2, 0.25) is 0 Å². The molecule has 6 nitrogen and oxygen atoms in total. The van der Waals surface area contributed by atoms with Crippen LogP contribution in [-0.4, -0.2) is 9.13 Å². The molecule has 0 N–H and O–H groups in total. The van der Waals surface area contributed by atoms with Crippen molar-refractivity contribution in [2.75, 3.05) is 0 Å². The summed E-state index contributed by atoms with van der Waals surface area (Å²) in [7, 11) is 0. The highest BCUT2D eigenvalue weighted by Crippen LogP contribution is 2.40. The number of aromatic nitrogens is 2. The van der Waals surface area contributed by atoms with Gasteiger partial charge in [0.15, 0.2) is 0 Å². The number of hydrogen-bond acceptors (Lipinski definition) is 4. The summed E-state index contributed by atoms with van der Waals surface area (Å²) in [6.45, 7) is 0. The molecule has 0 fully saturated rings. The Bertz CT molecular complexity index is 2320. The fourth-order valence-electron chi connectivity index (χ4n) is 5.75. The molecule has 0 atom stereocenters. The molecule has 0 saturated carbocycles. The molecule has 0 spiro atoms. The average Bonchev–Trinajstić information content (AvgIpc) is 3.51. The fourth-order valence-corrected chi connectivity index (χ4v) is 5.75. The van der Waals surface area contributed by atoms with Crippen LogP contribution >= 0.6 is 0 Å². The first-order valence-corrected chi connectivity index (χ1v) is 12.5. The van der Waals surface area contributed by atoms with E-state index in [4.69, 9.17) is 0 Å². The number of para-hydroxylation sites is 2. The number of benzene rings is 5. The smallest absolute Gasteiger partial charge is 0.101 e. The van der Waals surface area contributed by atoms with Crippen molar-refractivity contribution in [2.45, 2.75) is 0 Å². The summed E-state index contributed by atoms with van der Waals surface area (Å²) in [5, 5.41) is 43.0. The van der Waals surface area contributed by atoms with Crippen LogP contribution in [0.1, 0.15) is 22.3 Å². The first-order valence-electron chi connectivity index (χ1n) is 12.5. The molecule has 0 aliphatic heterocycles. The molecule has 0 aliphatic carbocycles. The maximum absolute atomic E-state index is 10.1. The van der Waals surface area contributed by atoms with Gasteiger partial charge in [0.1, 0.15) is 12.1 Å². The number of rotatable bonds is 2. The predicted octanol–water partition coefficient (Wildman–Crippen LogP) is 7.37. The van der Waals surface area contributed by atoms with Crippen molar-refractivity contribution in [3.05, 3.63) is 119 Å². The van der Waals surface area contributed by atoms with Crippen LogP contribution < -0.4 is 0 Å². The van der Waals surface area contributed by atoms with Gasteiger partial charge in [0, 0.05) is 27.2 Å². The van der Waals surface area contributed by atoms with Crippen LogP contribution in [0.15, 0.2) is 97.1 Å². The molecule has 6 heteroatoms. The summed E-state index contributed by atoms with van der Waals surface area (Å²) in [6.07, 6.45) is 0. The van der Waals surface area contributed by atoms with Crippen molar-refractivity contribution in [2.24, 2.45) is 0 Å². The van der Waals surface area contributed by atoms with E-state index in [1.165, 1.54) is 12.1 Å². The van der Waals surface area contributed by atoms with Crippen LogP contribution in [0.3, 0.4) is 0 Å².